The first kappa shape index (κ1) is 15.8. The molecule has 0 bridgehead atoms. The van der Waals surface area contributed by atoms with E-state index in [2.05, 4.69) is 10.6 Å². The lowest BCUT2D eigenvalue weighted by Crippen LogP contribution is -2.36. The van der Waals surface area contributed by atoms with Crippen LogP contribution >= 0.6 is 12.2 Å². The lowest BCUT2D eigenvalue weighted by atomic mass is 10.2. The molecular weight excluding hydrogens is 273 g/mol. The number of thiocarbonyl (C=S) groups is 1. The van der Waals surface area contributed by atoms with E-state index in [9.17, 15) is 13.2 Å². The molecule has 19 heavy (non-hydrogen) atoms. The van der Waals surface area contributed by atoms with Crippen molar-refractivity contribution in [3.63, 3.8) is 0 Å². The van der Waals surface area contributed by atoms with Gasteiger partial charge in [-0.25, -0.2) is 0 Å². The van der Waals surface area contributed by atoms with Gasteiger partial charge in [-0.15, -0.1) is 0 Å². The summed E-state index contributed by atoms with van der Waals surface area (Å²) in [5.74, 6) is 0. The molecule has 0 amide bonds. The third kappa shape index (κ3) is 5.06. The van der Waals surface area contributed by atoms with E-state index in [1.807, 2.05) is 13.8 Å². The lowest BCUT2D eigenvalue weighted by Gasteiger charge is -2.18. The summed E-state index contributed by atoms with van der Waals surface area (Å²) in [6, 6.07) is 5.06. The normalized spacial score (nSPS) is 11.5. The van der Waals surface area contributed by atoms with Crippen molar-refractivity contribution in [1.82, 2.24) is 5.32 Å². The fourth-order valence-electron chi connectivity index (χ4n) is 1.59. The summed E-state index contributed by atoms with van der Waals surface area (Å²) in [5.41, 5.74) is -0.131. The van der Waals surface area contributed by atoms with Gasteiger partial charge < -0.3 is 10.6 Å². The summed E-state index contributed by atoms with van der Waals surface area (Å²) in [5, 5.41) is 6.40. The smallest absolute Gasteiger partial charge is 0.360 e. The number of anilines is 1. The number of hydrogen-bond acceptors (Lipinski definition) is 1. The molecule has 0 atom stereocenters. The molecule has 2 nitrogen and oxygen atoms in total. The largest absolute Gasteiger partial charge is 0.416 e. The summed E-state index contributed by atoms with van der Waals surface area (Å²) in [6.45, 7) is 4.09. The van der Waals surface area contributed by atoms with Crippen LogP contribution in [-0.4, -0.2) is 11.2 Å². The van der Waals surface area contributed by atoms with E-state index in [4.69, 9.17) is 12.2 Å². The topological polar surface area (TPSA) is 24.1 Å². The highest BCUT2D eigenvalue weighted by molar-refractivity contribution is 7.80. The van der Waals surface area contributed by atoms with Gasteiger partial charge in [-0.05, 0) is 49.3 Å². The van der Waals surface area contributed by atoms with E-state index in [0.29, 0.717) is 10.8 Å². The minimum atomic E-state index is -4.31. The van der Waals surface area contributed by atoms with Crippen molar-refractivity contribution in [3.05, 3.63) is 29.8 Å². The molecule has 0 aliphatic heterocycles. The highest BCUT2D eigenvalue weighted by atomic mass is 32.1. The molecule has 1 aromatic rings. The zero-order chi connectivity index (χ0) is 14.5. The highest BCUT2D eigenvalue weighted by Crippen LogP contribution is 2.29. The van der Waals surface area contributed by atoms with Gasteiger partial charge in [-0.2, -0.15) is 13.2 Å². The Hall–Kier alpha value is -1.30. The molecule has 1 aromatic carbocycles. The van der Waals surface area contributed by atoms with Gasteiger partial charge in [-0.3, -0.25) is 0 Å². The van der Waals surface area contributed by atoms with Gasteiger partial charge in [0.1, 0.15) is 0 Å². The van der Waals surface area contributed by atoms with Gasteiger partial charge >= 0.3 is 6.18 Å². The van der Waals surface area contributed by atoms with Crippen LogP contribution in [0.1, 0.15) is 32.3 Å². The maximum Gasteiger partial charge on any atom is 0.416 e. The average molecular weight is 290 g/mol. The molecule has 1 rings (SSSR count). The van der Waals surface area contributed by atoms with Crippen LogP contribution in [0.4, 0.5) is 18.9 Å². The van der Waals surface area contributed by atoms with Crippen LogP contribution in [0.3, 0.4) is 0 Å². The summed E-state index contributed by atoms with van der Waals surface area (Å²) in [4.78, 5) is 0. The number of nitrogens with one attached hydrogen (secondary N) is 2. The fraction of sp³-hybridized carbons (Fsp3) is 0.462. The van der Waals surface area contributed by atoms with Crippen molar-refractivity contribution in [3.8, 4) is 0 Å². The van der Waals surface area contributed by atoms with Crippen LogP contribution in [0.25, 0.3) is 0 Å². The molecule has 0 radical (unpaired) electrons. The molecule has 0 fully saturated rings. The fourth-order valence-corrected chi connectivity index (χ4v) is 1.87. The van der Waals surface area contributed by atoms with Gasteiger partial charge in [0.05, 0.1) is 5.56 Å². The summed E-state index contributed by atoms with van der Waals surface area (Å²) in [7, 11) is 0. The Morgan fingerprint density at radius 3 is 2.11 bits per heavy atom. The molecule has 0 unspecified atom stereocenters. The molecule has 0 aliphatic carbocycles. The summed E-state index contributed by atoms with van der Waals surface area (Å²) >= 11 is 5.11. The Morgan fingerprint density at radius 2 is 1.68 bits per heavy atom. The van der Waals surface area contributed by atoms with Gasteiger partial charge in [0, 0.05) is 11.7 Å². The molecule has 0 saturated heterocycles. The van der Waals surface area contributed by atoms with Crippen LogP contribution in [-0.2, 0) is 6.18 Å². The van der Waals surface area contributed by atoms with Crippen LogP contribution in [0.2, 0.25) is 0 Å². The van der Waals surface area contributed by atoms with Crippen LogP contribution < -0.4 is 10.6 Å². The third-order valence-corrected chi connectivity index (χ3v) is 3.01. The van der Waals surface area contributed by atoms with Crippen molar-refractivity contribution >= 4 is 23.0 Å². The monoisotopic (exact) mass is 290 g/mol. The lowest BCUT2D eigenvalue weighted by molar-refractivity contribution is -0.137. The van der Waals surface area contributed by atoms with E-state index in [0.717, 1.165) is 25.0 Å². The number of halogens is 3. The molecular formula is C13H17F3N2S. The second kappa shape index (κ2) is 6.75. The Kier molecular flexibility index (Phi) is 5.60. The van der Waals surface area contributed by atoms with Crippen LogP contribution in [0, 0.1) is 0 Å². The second-order valence-electron chi connectivity index (χ2n) is 4.19. The Labute approximate surface area is 116 Å². The van der Waals surface area contributed by atoms with E-state index < -0.39 is 11.7 Å². The molecule has 0 saturated carbocycles. The maximum absolute atomic E-state index is 12.4. The molecule has 6 heteroatoms. The Balaban J connectivity index is 2.61. The first-order chi connectivity index (χ1) is 8.86. The van der Waals surface area contributed by atoms with Gasteiger partial charge in [0.15, 0.2) is 5.11 Å². The van der Waals surface area contributed by atoms with Crippen molar-refractivity contribution in [2.45, 2.75) is 38.9 Å². The average Bonchev–Trinajstić information content (AvgIpc) is 2.35. The van der Waals surface area contributed by atoms with Crippen molar-refractivity contribution in [2.75, 3.05) is 5.32 Å². The zero-order valence-electron chi connectivity index (χ0n) is 10.8. The molecule has 0 spiro atoms. The predicted molar refractivity (Wildman–Crippen MR) is 75.2 cm³/mol. The van der Waals surface area contributed by atoms with Crippen molar-refractivity contribution in [1.29, 1.82) is 0 Å². The van der Waals surface area contributed by atoms with Crippen LogP contribution in [0.5, 0.6) is 0 Å². The Morgan fingerprint density at radius 1 is 1.16 bits per heavy atom. The van der Waals surface area contributed by atoms with Gasteiger partial charge in [0.2, 0.25) is 0 Å². The quantitative estimate of drug-likeness (QED) is 0.813. The SMILES string of the molecule is CCC(CC)NC(=S)Nc1ccc(C(F)(F)F)cc1. The number of rotatable bonds is 4. The van der Waals surface area contributed by atoms with Gasteiger partial charge in [-0.1, -0.05) is 13.8 Å². The standard InChI is InChI=1S/C13H17F3N2S/c1-3-10(4-2)17-12(19)18-11-7-5-9(6-8-11)13(14,15)16/h5-8,10H,3-4H2,1-2H3,(H2,17,18,19). The number of benzene rings is 1. The number of hydrogen-bond donors (Lipinski definition) is 2. The molecule has 0 aliphatic rings. The highest BCUT2D eigenvalue weighted by Gasteiger charge is 2.29. The second-order valence-corrected chi connectivity index (χ2v) is 4.60. The third-order valence-electron chi connectivity index (χ3n) is 2.79. The number of alkyl halides is 3. The minimum absolute atomic E-state index is 0.273. The Bertz CT molecular complexity index is 411. The molecule has 106 valence electrons. The molecule has 0 aromatic heterocycles. The van der Waals surface area contributed by atoms with Crippen molar-refractivity contribution < 1.29 is 13.2 Å². The first-order valence-electron chi connectivity index (χ1n) is 6.11. The van der Waals surface area contributed by atoms with E-state index in [-0.39, 0.29) is 6.04 Å². The van der Waals surface area contributed by atoms with E-state index >= 15 is 0 Å². The molecule has 0 heterocycles. The minimum Gasteiger partial charge on any atom is -0.360 e. The summed E-state index contributed by atoms with van der Waals surface area (Å²) in [6.07, 6.45) is -2.44. The van der Waals surface area contributed by atoms with Gasteiger partial charge in [0.25, 0.3) is 0 Å². The predicted octanol–water partition coefficient (Wildman–Crippen LogP) is 4.18. The maximum atomic E-state index is 12.4. The van der Waals surface area contributed by atoms with Crippen molar-refractivity contribution in [2.24, 2.45) is 0 Å². The van der Waals surface area contributed by atoms with Crippen LogP contribution in [0.15, 0.2) is 24.3 Å². The summed E-state index contributed by atoms with van der Waals surface area (Å²) < 4.78 is 37.2. The van der Waals surface area contributed by atoms with E-state index in [1.165, 1.54) is 12.1 Å². The first-order valence-corrected chi connectivity index (χ1v) is 6.52. The zero-order valence-corrected chi connectivity index (χ0v) is 11.7. The van der Waals surface area contributed by atoms with E-state index in [1.54, 1.807) is 0 Å². The molecule has 2 N–H and O–H groups in total.